The van der Waals surface area contributed by atoms with Crippen LogP contribution in [0.5, 0.6) is 5.75 Å². The van der Waals surface area contributed by atoms with Crippen LogP contribution in [0.25, 0.3) is 0 Å². The predicted octanol–water partition coefficient (Wildman–Crippen LogP) is 2.31. The van der Waals surface area contributed by atoms with Crippen LogP contribution >= 0.6 is 0 Å². The van der Waals surface area contributed by atoms with E-state index < -0.39 is 29.7 Å². The number of rotatable bonds is 6. The number of carbonyl (C=O) groups is 4. The van der Waals surface area contributed by atoms with Crippen molar-refractivity contribution in [2.75, 3.05) is 24.4 Å². The monoisotopic (exact) mass is 409 g/mol. The van der Waals surface area contributed by atoms with E-state index >= 15 is 0 Å². The Hall–Kier alpha value is -4.14. The Bertz CT molecular complexity index is 1030. The molecule has 1 fully saturated rings. The van der Waals surface area contributed by atoms with Gasteiger partial charge in [-0.15, -0.1) is 0 Å². The van der Waals surface area contributed by atoms with E-state index in [4.69, 9.17) is 4.74 Å². The molecule has 2 N–H and O–H groups in total. The van der Waals surface area contributed by atoms with Crippen LogP contribution in [-0.4, -0.2) is 38.0 Å². The molecule has 30 heavy (non-hydrogen) atoms. The molecule has 1 heterocycles. The molecule has 0 saturated carbocycles. The van der Waals surface area contributed by atoms with Crippen LogP contribution in [0.1, 0.15) is 10.4 Å². The predicted molar refractivity (Wildman–Crippen MR) is 108 cm³/mol. The van der Waals surface area contributed by atoms with E-state index in [-0.39, 0.29) is 16.9 Å². The van der Waals surface area contributed by atoms with Gasteiger partial charge in [-0.3, -0.25) is 14.9 Å². The van der Waals surface area contributed by atoms with Crippen molar-refractivity contribution in [3.8, 4) is 5.75 Å². The first-order chi connectivity index (χ1) is 14.3. The van der Waals surface area contributed by atoms with E-state index in [1.165, 1.54) is 32.4 Å². The fraction of sp³-hybridized carbons (Fsp3) is 0.143. The number of methoxy groups -OCH3 is 2. The lowest BCUT2D eigenvalue weighted by atomic mass is 10.0. The maximum absolute atomic E-state index is 13.0. The second-order valence-corrected chi connectivity index (χ2v) is 6.32. The third-order valence-corrected chi connectivity index (χ3v) is 4.43. The summed E-state index contributed by atoms with van der Waals surface area (Å²) in [5.41, 5.74) is 1.03. The summed E-state index contributed by atoms with van der Waals surface area (Å²) < 4.78 is 9.75. The zero-order valence-corrected chi connectivity index (χ0v) is 16.3. The van der Waals surface area contributed by atoms with Gasteiger partial charge in [-0.05, 0) is 42.5 Å². The lowest BCUT2D eigenvalue weighted by molar-refractivity contribution is -0.132. The number of carbonyl (C=O) groups excluding carboxylic acids is 4. The Morgan fingerprint density at radius 2 is 1.80 bits per heavy atom. The Morgan fingerprint density at radius 3 is 2.43 bits per heavy atom. The van der Waals surface area contributed by atoms with E-state index in [1.807, 2.05) is 0 Å². The number of imide groups is 2. The van der Waals surface area contributed by atoms with Gasteiger partial charge in [0.2, 0.25) is 5.91 Å². The minimum absolute atomic E-state index is 0.0468. The fourth-order valence-electron chi connectivity index (χ4n) is 2.96. The third kappa shape index (κ3) is 4.00. The maximum atomic E-state index is 13.0. The first kappa shape index (κ1) is 20.6. The van der Waals surface area contributed by atoms with Gasteiger partial charge in [0.1, 0.15) is 5.75 Å². The lowest BCUT2D eigenvalue weighted by Gasteiger charge is -2.31. The molecule has 9 heteroatoms. The van der Waals surface area contributed by atoms with Gasteiger partial charge >= 0.3 is 12.0 Å². The number of hydrogen-bond donors (Lipinski definition) is 2. The maximum Gasteiger partial charge on any atom is 0.337 e. The highest BCUT2D eigenvalue weighted by Gasteiger charge is 2.43. The lowest BCUT2D eigenvalue weighted by Crippen LogP contribution is -2.59. The molecule has 9 nitrogen and oxygen atoms in total. The second kappa shape index (κ2) is 8.48. The fourth-order valence-corrected chi connectivity index (χ4v) is 2.96. The molecule has 2 aromatic rings. The molecule has 0 aromatic heterocycles. The van der Waals surface area contributed by atoms with Crippen LogP contribution in [0, 0.1) is 5.92 Å². The van der Waals surface area contributed by atoms with E-state index in [1.54, 1.807) is 30.3 Å². The van der Waals surface area contributed by atoms with E-state index in [0.29, 0.717) is 11.4 Å². The molecule has 1 aliphatic heterocycles. The number of hydrogen-bond acceptors (Lipinski definition) is 7. The van der Waals surface area contributed by atoms with Crippen molar-refractivity contribution in [3.63, 3.8) is 0 Å². The number of amides is 4. The Kier molecular flexibility index (Phi) is 5.82. The first-order valence-corrected chi connectivity index (χ1v) is 8.82. The Balaban J connectivity index is 1.84. The van der Waals surface area contributed by atoms with Gasteiger partial charge < -0.3 is 14.8 Å². The number of barbiturate groups is 1. The summed E-state index contributed by atoms with van der Waals surface area (Å²) in [7, 11) is 2.75. The van der Waals surface area contributed by atoms with E-state index in [2.05, 4.69) is 21.9 Å². The SMILES string of the molecule is C=C(Nc1cccc(C(=O)OC)c1)[C@H]1C(=O)NC(=O)N(c2ccc(OC)cc2)C1=O. The van der Waals surface area contributed by atoms with Gasteiger partial charge in [-0.2, -0.15) is 0 Å². The van der Waals surface area contributed by atoms with Crippen LogP contribution < -0.4 is 20.3 Å². The van der Waals surface area contributed by atoms with Crippen molar-refractivity contribution in [3.05, 3.63) is 66.4 Å². The van der Waals surface area contributed by atoms with Crippen LogP contribution in [0.15, 0.2) is 60.8 Å². The van der Waals surface area contributed by atoms with Crippen molar-refractivity contribution in [2.45, 2.75) is 0 Å². The number of ether oxygens (including phenoxy) is 2. The zero-order valence-electron chi connectivity index (χ0n) is 16.3. The average Bonchev–Trinajstić information content (AvgIpc) is 2.73. The Morgan fingerprint density at radius 1 is 1.10 bits per heavy atom. The molecule has 4 amide bonds. The van der Waals surface area contributed by atoms with E-state index in [0.717, 1.165) is 4.90 Å². The van der Waals surface area contributed by atoms with Crippen molar-refractivity contribution >= 4 is 35.2 Å². The summed E-state index contributed by atoms with van der Waals surface area (Å²) in [4.78, 5) is 50.2. The molecule has 0 radical (unpaired) electrons. The minimum atomic E-state index is -1.36. The van der Waals surface area contributed by atoms with Gasteiger partial charge in [0, 0.05) is 11.4 Å². The van der Waals surface area contributed by atoms with Crippen LogP contribution in [-0.2, 0) is 14.3 Å². The van der Waals surface area contributed by atoms with Crippen molar-refractivity contribution < 1.29 is 28.7 Å². The van der Waals surface area contributed by atoms with Gasteiger partial charge in [0.15, 0.2) is 5.92 Å². The van der Waals surface area contributed by atoms with Gasteiger partial charge in [0.25, 0.3) is 5.91 Å². The molecule has 0 spiro atoms. The molecule has 0 aliphatic carbocycles. The van der Waals surface area contributed by atoms with Crippen LogP contribution in [0.2, 0.25) is 0 Å². The number of nitrogens with one attached hydrogen (secondary N) is 2. The standard InChI is InChI=1S/C21H19N3O6/c1-12(22-14-6-4-5-13(11-14)20(27)30-3)17-18(25)23-21(28)24(19(17)26)15-7-9-16(29-2)10-8-15/h4-11,17,22H,1H2,2-3H3,(H,23,25,28)/t17-/m0/s1. The normalized spacial score (nSPS) is 16.0. The molecule has 0 unspecified atom stereocenters. The summed E-state index contributed by atoms with van der Waals surface area (Å²) in [6, 6.07) is 11.7. The first-order valence-electron chi connectivity index (χ1n) is 8.82. The van der Waals surface area contributed by atoms with Crippen molar-refractivity contribution in [1.82, 2.24) is 5.32 Å². The molecular weight excluding hydrogens is 390 g/mol. The summed E-state index contributed by atoms with van der Waals surface area (Å²) >= 11 is 0. The molecule has 3 rings (SSSR count). The number of benzene rings is 2. The number of anilines is 2. The molecule has 154 valence electrons. The second-order valence-electron chi connectivity index (χ2n) is 6.32. The molecule has 1 atom stereocenters. The van der Waals surface area contributed by atoms with Gasteiger partial charge in [-0.25, -0.2) is 14.5 Å². The summed E-state index contributed by atoms with van der Waals surface area (Å²) in [6.07, 6.45) is 0. The molecule has 1 aliphatic rings. The quantitative estimate of drug-likeness (QED) is 0.556. The summed E-state index contributed by atoms with van der Waals surface area (Å²) in [5.74, 6) is -2.89. The molecule has 2 aromatic carbocycles. The smallest absolute Gasteiger partial charge is 0.337 e. The highest BCUT2D eigenvalue weighted by atomic mass is 16.5. The van der Waals surface area contributed by atoms with Crippen molar-refractivity contribution in [2.24, 2.45) is 5.92 Å². The van der Waals surface area contributed by atoms with Crippen LogP contribution in [0.3, 0.4) is 0 Å². The highest BCUT2D eigenvalue weighted by Crippen LogP contribution is 2.26. The van der Waals surface area contributed by atoms with Crippen molar-refractivity contribution in [1.29, 1.82) is 0 Å². The summed E-state index contributed by atoms with van der Waals surface area (Å²) in [5, 5.41) is 5.02. The largest absolute Gasteiger partial charge is 0.497 e. The van der Waals surface area contributed by atoms with Crippen LogP contribution in [0.4, 0.5) is 16.2 Å². The molecular formula is C21H19N3O6. The van der Waals surface area contributed by atoms with E-state index in [9.17, 15) is 19.2 Å². The molecule has 1 saturated heterocycles. The minimum Gasteiger partial charge on any atom is -0.497 e. The van der Waals surface area contributed by atoms with Gasteiger partial charge in [-0.1, -0.05) is 12.6 Å². The number of nitrogens with zero attached hydrogens (tertiary/aromatic N) is 1. The topological polar surface area (TPSA) is 114 Å². The average molecular weight is 409 g/mol. The van der Waals surface area contributed by atoms with Gasteiger partial charge in [0.05, 0.1) is 25.5 Å². The zero-order chi connectivity index (χ0) is 21.8. The highest BCUT2D eigenvalue weighted by molar-refractivity contribution is 6.28. The summed E-state index contributed by atoms with van der Waals surface area (Å²) in [6.45, 7) is 3.78. The third-order valence-electron chi connectivity index (χ3n) is 4.43. The molecule has 0 bridgehead atoms. The number of urea groups is 1. The number of esters is 1. The Labute approximate surface area is 172 Å².